The summed E-state index contributed by atoms with van der Waals surface area (Å²) in [7, 11) is 0. The van der Waals surface area contributed by atoms with Gasteiger partial charge in [0.1, 0.15) is 5.75 Å². The Morgan fingerprint density at radius 3 is 2.53 bits per heavy atom. The molecule has 2 N–H and O–H groups in total. The molecule has 0 aliphatic carbocycles. The number of primary amides is 1. The molecule has 0 unspecified atom stereocenters. The van der Waals surface area contributed by atoms with E-state index in [1.54, 1.807) is 36.5 Å². The van der Waals surface area contributed by atoms with Gasteiger partial charge in [0, 0.05) is 11.8 Å². The van der Waals surface area contributed by atoms with E-state index in [4.69, 9.17) is 22.1 Å². The smallest absolute Gasteiger partial charge is 0.409 e. The highest BCUT2D eigenvalue weighted by molar-refractivity contribution is 6.28. The van der Waals surface area contributed by atoms with Crippen LogP contribution in [0.5, 0.6) is 5.75 Å². The van der Waals surface area contributed by atoms with Crippen molar-refractivity contribution in [3.05, 3.63) is 41.8 Å². The van der Waals surface area contributed by atoms with Gasteiger partial charge in [-0.15, -0.1) is 0 Å². The molecular weight excluding hydrogens is 242 g/mol. The molecule has 0 radical (unpaired) electrons. The van der Waals surface area contributed by atoms with Crippen LogP contribution < -0.4 is 10.5 Å². The van der Waals surface area contributed by atoms with Crippen molar-refractivity contribution in [1.82, 2.24) is 9.97 Å². The van der Waals surface area contributed by atoms with E-state index >= 15 is 0 Å². The van der Waals surface area contributed by atoms with E-state index < -0.39 is 6.09 Å². The average molecular weight is 250 g/mol. The number of ether oxygens (including phenoxy) is 1. The van der Waals surface area contributed by atoms with Crippen molar-refractivity contribution in [3.63, 3.8) is 0 Å². The number of hydrogen-bond acceptors (Lipinski definition) is 4. The predicted octanol–water partition coefficient (Wildman–Crippen LogP) is 2.25. The summed E-state index contributed by atoms with van der Waals surface area (Å²) in [6, 6.07) is 8.47. The molecule has 0 saturated heterocycles. The zero-order valence-corrected chi connectivity index (χ0v) is 9.39. The lowest BCUT2D eigenvalue weighted by atomic mass is 10.1. The zero-order chi connectivity index (χ0) is 12.3. The first-order valence-corrected chi connectivity index (χ1v) is 5.09. The molecule has 1 heterocycles. The number of hydrogen-bond donors (Lipinski definition) is 1. The fourth-order valence-corrected chi connectivity index (χ4v) is 1.45. The number of nitrogens with two attached hydrogens (primary N) is 1. The minimum absolute atomic E-state index is 0.181. The molecule has 1 aromatic carbocycles. The van der Waals surface area contributed by atoms with E-state index in [2.05, 4.69) is 9.97 Å². The lowest BCUT2D eigenvalue weighted by molar-refractivity contribution is 0.211. The van der Waals surface area contributed by atoms with Gasteiger partial charge in [-0.05, 0) is 41.9 Å². The van der Waals surface area contributed by atoms with E-state index in [9.17, 15) is 4.79 Å². The summed E-state index contributed by atoms with van der Waals surface area (Å²) in [5.74, 6) is 0.376. The summed E-state index contributed by atoms with van der Waals surface area (Å²) in [6.07, 6.45) is 0.723. The van der Waals surface area contributed by atoms with Crippen molar-refractivity contribution < 1.29 is 9.53 Å². The maximum atomic E-state index is 10.5. The molecule has 1 aromatic heterocycles. The molecule has 6 heteroatoms. The van der Waals surface area contributed by atoms with Crippen molar-refractivity contribution in [2.24, 2.45) is 5.73 Å². The number of carbonyl (C=O) groups excluding carboxylic acids is 1. The molecule has 0 aliphatic rings. The highest BCUT2D eigenvalue weighted by Gasteiger charge is 2.02. The number of halogens is 1. The SMILES string of the molecule is NC(=O)Oc1ccc(-c2ccnc(Cl)n2)cc1. The number of aromatic nitrogens is 2. The van der Waals surface area contributed by atoms with Crippen LogP contribution in [0.15, 0.2) is 36.5 Å². The van der Waals surface area contributed by atoms with Crippen LogP contribution in [0.2, 0.25) is 5.28 Å². The lowest BCUT2D eigenvalue weighted by Crippen LogP contribution is -2.16. The maximum Gasteiger partial charge on any atom is 0.409 e. The van der Waals surface area contributed by atoms with Crippen molar-refractivity contribution >= 4 is 17.7 Å². The van der Waals surface area contributed by atoms with E-state index in [1.807, 2.05) is 0 Å². The number of amides is 1. The summed E-state index contributed by atoms with van der Waals surface area (Å²) in [6.45, 7) is 0. The molecule has 86 valence electrons. The van der Waals surface area contributed by atoms with Crippen LogP contribution in [0.25, 0.3) is 11.3 Å². The third-order valence-corrected chi connectivity index (χ3v) is 2.18. The van der Waals surface area contributed by atoms with Crippen LogP contribution in [-0.4, -0.2) is 16.1 Å². The van der Waals surface area contributed by atoms with Gasteiger partial charge in [-0.2, -0.15) is 0 Å². The minimum atomic E-state index is -0.845. The van der Waals surface area contributed by atoms with Crippen LogP contribution in [0.1, 0.15) is 0 Å². The van der Waals surface area contributed by atoms with Gasteiger partial charge in [0.2, 0.25) is 5.28 Å². The fourth-order valence-electron chi connectivity index (χ4n) is 1.31. The normalized spacial score (nSPS) is 9.94. The molecule has 0 fully saturated rings. The summed E-state index contributed by atoms with van der Waals surface area (Å²) in [4.78, 5) is 18.4. The molecule has 1 amide bonds. The number of carbonyl (C=O) groups is 1. The van der Waals surface area contributed by atoms with Gasteiger partial charge in [0.05, 0.1) is 5.69 Å². The second-order valence-electron chi connectivity index (χ2n) is 3.16. The fraction of sp³-hybridized carbons (Fsp3) is 0. The van der Waals surface area contributed by atoms with Crippen LogP contribution >= 0.6 is 11.6 Å². The first-order chi connectivity index (χ1) is 8.15. The van der Waals surface area contributed by atoms with Crippen LogP contribution in [0.3, 0.4) is 0 Å². The quantitative estimate of drug-likeness (QED) is 0.828. The largest absolute Gasteiger partial charge is 0.411 e. The Bertz CT molecular complexity index is 543. The monoisotopic (exact) mass is 249 g/mol. The van der Waals surface area contributed by atoms with Crippen molar-refractivity contribution in [3.8, 4) is 17.0 Å². The predicted molar refractivity (Wildman–Crippen MR) is 62.7 cm³/mol. The highest BCUT2D eigenvalue weighted by Crippen LogP contribution is 2.21. The summed E-state index contributed by atoms with van der Waals surface area (Å²) >= 11 is 5.69. The molecule has 2 rings (SSSR count). The van der Waals surface area contributed by atoms with Crippen molar-refractivity contribution in [2.75, 3.05) is 0 Å². The molecule has 0 saturated carbocycles. The molecular formula is C11H8ClN3O2. The van der Waals surface area contributed by atoms with E-state index in [0.717, 1.165) is 5.56 Å². The van der Waals surface area contributed by atoms with Crippen LogP contribution in [0.4, 0.5) is 4.79 Å². The van der Waals surface area contributed by atoms with Gasteiger partial charge in [-0.1, -0.05) is 0 Å². The van der Waals surface area contributed by atoms with Gasteiger partial charge in [-0.3, -0.25) is 0 Å². The third kappa shape index (κ3) is 2.92. The summed E-state index contributed by atoms with van der Waals surface area (Å²) in [5.41, 5.74) is 6.42. The summed E-state index contributed by atoms with van der Waals surface area (Å²) in [5, 5.41) is 0.181. The molecule has 0 aliphatic heterocycles. The first kappa shape index (κ1) is 11.3. The van der Waals surface area contributed by atoms with Gasteiger partial charge in [0.15, 0.2) is 0 Å². The second-order valence-corrected chi connectivity index (χ2v) is 3.49. The Balaban J connectivity index is 2.26. The van der Waals surface area contributed by atoms with Gasteiger partial charge in [0.25, 0.3) is 0 Å². The van der Waals surface area contributed by atoms with Gasteiger partial charge >= 0.3 is 6.09 Å². The summed E-state index contributed by atoms with van der Waals surface area (Å²) < 4.78 is 4.71. The molecule has 0 bridgehead atoms. The molecule has 0 spiro atoms. The molecule has 2 aromatic rings. The zero-order valence-electron chi connectivity index (χ0n) is 8.63. The van der Waals surface area contributed by atoms with Crippen LogP contribution in [0, 0.1) is 0 Å². The third-order valence-electron chi connectivity index (χ3n) is 1.99. The van der Waals surface area contributed by atoms with E-state index in [0.29, 0.717) is 11.4 Å². The maximum absolute atomic E-state index is 10.5. The molecule has 17 heavy (non-hydrogen) atoms. The number of rotatable bonds is 2. The highest BCUT2D eigenvalue weighted by atomic mass is 35.5. The standard InChI is InChI=1S/C11H8ClN3O2/c12-10-14-6-5-9(15-10)7-1-3-8(4-2-7)17-11(13)16/h1-6H,(H2,13,16). The van der Waals surface area contributed by atoms with Gasteiger partial charge < -0.3 is 10.5 Å². The number of benzene rings is 1. The van der Waals surface area contributed by atoms with Crippen LogP contribution in [-0.2, 0) is 0 Å². The van der Waals surface area contributed by atoms with E-state index in [-0.39, 0.29) is 5.28 Å². The van der Waals surface area contributed by atoms with Crippen molar-refractivity contribution in [2.45, 2.75) is 0 Å². The lowest BCUT2D eigenvalue weighted by Gasteiger charge is -2.03. The van der Waals surface area contributed by atoms with Crippen molar-refractivity contribution in [1.29, 1.82) is 0 Å². The first-order valence-electron chi connectivity index (χ1n) is 4.71. The Labute approximate surface area is 102 Å². The Kier molecular flexibility index (Phi) is 3.20. The minimum Gasteiger partial charge on any atom is -0.411 e. The molecule has 0 atom stereocenters. The molecule has 5 nitrogen and oxygen atoms in total. The Hall–Kier alpha value is -2.14. The van der Waals surface area contributed by atoms with Gasteiger partial charge in [-0.25, -0.2) is 14.8 Å². The second kappa shape index (κ2) is 4.80. The Morgan fingerprint density at radius 2 is 1.94 bits per heavy atom. The number of nitrogens with zero attached hydrogens (tertiary/aromatic N) is 2. The average Bonchev–Trinajstić information content (AvgIpc) is 2.29. The topological polar surface area (TPSA) is 78.1 Å². The van der Waals surface area contributed by atoms with E-state index in [1.165, 1.54) is 0 Å². The Morgan fingerprint density at radius 1 is 1.24 bits per heavy atom.